The summed E-state index contributed by atoms with van der Waals surface area (Å²) in [5, 5.41) is 13.3. The van der Waals surface area contributed by atoms with Crippen LogP contribution in [-0.2, 0) is 6.54 Å². The SMILES string of the molecule is COc1cc(CNc2ccc(Br)cc2C)cc(Cl)c1O. The molecule has 2 rings (SSSR count). The lowest BCUT2D eigenvalue weighted by atomic mass is 10.1. The molecule has 106 valence electrons. The smallest absolute Gasteiger partial charge is 0.176 e. The Labute approximate surface area is 131 Å². The van der Waals surface area contributed by atoms with Gasteiger partial charge in [0.15, 0.2) is 11.5 Å². The maximum atomic E-state index is 9.70. The number of ether oxygens (including phenoxy) is 1. The van der Waals surface area contributed by atoms with E-state index in [-0.39, 0.29) is 10.8 Å². The van der Waals surface area contributed by atoms with Crippen LogP contribution >= 0.6 is 27.5 Å². The summed E-state index contributed by atoms with van der Waals surface area (Å²) in [6.07, 6.45) is 0. The Kier molecular flexibility index (Phi) is 4.78. The molecule has 0 spiro atoms. The summed E-state index contributed by atoms with van der Waals surface area (Å²) in [7, 11) is 1.50. The number of aromatic hydroxyl groups is 1. The largest absolute Gasteiger partial charge is 0.503 e. The lowest BCUT2D eigenvalue weighted by Crippen LogP contribution is -2.01. The molecule has 2 N–H and O–H groups in total. The van der Waals surface area contributed by atoms with Gasteiger partial charge in [0, 0.05) is 16.7 Å². The van der Waals surface area contributed by atoms with Crippen molar-refractivity contribution in [2.24, 2.45) is 0 Å². The average Bonchev–Trinajstić information content (AvgIpc) is 2.41. The second-order valence-electron chi connectivity index (χ2n) is 4.44. The first-order valence-corrected chi connectivity index (χ1v) is 7.23. The van der Waals surface area contributed by atoms with Gasteiger partial charge in [-0.15, -0.1) is 0 Å². The van der Waals surface area contributed by atoms with Gasteiger partial charge >= 0.3 is 0 Å². The normalized spacial score (nSPS) is 10.4. The third-order valence-electron chi connectivity index (χ3n) is 2.98. The van der Waals surface area contributed by atoms with Crippen molar-refractivity contribution in [3.8, 4) is 11.5 Å². The van der Waals surface area contributed by atoms with Crippen molar-refractivity contribution < 1.29 is 9.84 Å². The van der Waals surface area contributed by atoms with Crippen LogP contribution in [0.2, 0.25) is 5.02 Å². The van der Waals surface area contributed by atoms with Crippen LogP contribution in [0.3, 0.4) is 0 Å². The molecule has 0 saturated carbocycles. The molecule has 5 heteroatoms. The minimum Gasteiger partial charge on any atom is -0.503 e. The Balaban J connectivity index is 2.16. The van der Waals surface area contributed by atoms with Crippen LogP contribution in [-0.4, -0.2) is 12.2 Å². The van der Waals surface area contributed by atoms with E-state index in [9.17, 15) is 5.11 Å². The predicted octanol–water partition coefficient (Wildman–Crippen LogP) is 4.74. The summed E-state index contributed by atoms with van der Waals surface area (Å²) < 4.78 is 6.14. The second-order valence-corrected chi connectivity index (χ2v) is 5.76. The van der Waals surface area contributed by atoms with Crippen LogP contribution in [0.25, 0.3) is 0 Å². The molecule has 0 fully saturated rings. The highest BCUT2D eigenvalue weighted by Gasteiger charge is 2.09. The third kappa shape index (κ3) is 3.38. The van der Waals surface area contributed by atoms with E-state index >= 15 is 0 Å². The van der Waals surface area contributed by atoms with Crippen LogP contribution in [0.15, 0.2) is 34.8 Å². The van der Waals surface area contributed by atoms with Crippen molar-refractivity contribution >= 4 is 33.2 Å². The predicted molar refractivity (Wildman–Crippen MR) is 85.9 cm³/mol. The average molecular weight is 357 g/mol. The van der Waals surface area contributed by atoms with Crippen molar-refractivity contribution in [3.05, 3.63) is 51.0 Å². The number of hydrogen-bond acceptors (Lipinski definition) is 3. The first kappa shape index (κ1) is 15.0. The van der Waals surface area contributed by atoms with Crippen LogP contribution in [0, 0.1) is 6.92 Å². The highest BCUT2D eigenvalue weighted by molar-refractivity contribution is 9.10. The van der Waals surface area contributed by atoms with Gasteiger partial charge in [0.2, 0.25) is 0 Å². The molecule has 3 nitrogen and oxygen atoms in total. The molecule has 2 aromatic rings. The number of methoxy groups -OCH3 is 1. The maximum absolute atomic E-state index is 9.70. The third-order valence-corrected chi connectivity index (χ3v) is 3.76. The molecule has 0 unspecified atom stereocenters. The van der Waals surface area contributed by atoms with Gasteiger partial charge in [-0.2, -0.15) is 0 Å². The molecular formula is C15H15BrClNO2. The van der Waals surface area contributed by atoms with Gasteiger partial charge < -0.3 is 15.2 Å². The Morgan fingerprint density at radius 3 is 2.70 bits per heavy atom. The standard InChI is InChI=1S/C15H15BrClNO2/c1-9-5-11(16)3-4-13(9)18-8-10-6-12(17)15(19)14(7-10)20-2/h3-7,18-19H,8H2,1-2H3. The minimum absolute atomic E-state index is 0.0299. The quantitative estimate of drug-likeness (QED) is 0.831. The zero-order valence-electron chi connectivity index (χ0n) is 11.2. The molecule has 0 amide bonds. The molecule has 0 radical (unpaired) electrons. The van der Waals surface area contributed by atoms with Gasteiger partial charge in [0.1, 0.15) is 0 Å². The summed E-state index contributed by atoms with van der Waals surface area (Å²) in [6.45, 7) is 2.64. The van der Waals surface area contributed by atoms with Gasteiger partial charge in [0.25, 0.3) is 0 Å². The lowest BCUT2D eigenvalue weighted by Gasteiger charge is -2.12. The van der Waals surface area contributed by atoms with E-state index in [1.54, 1.807) is 12.1 Å². The molecule has 0 heterocycles. The molecule has 0 bridgehead atoms. The summed E-state index contributed by atoms with van der Waals surface area (Å²) in [4.78, 5) is 0. The van der Waals surface area contributed by atoms with Crippen molar-refractivity contribution in [3.63, 3.8) is 0 Å². The number of halogens is 2. The molecule has 20 heavy (non-hydrogen) atoms. The molecule has 0 aromatic heterocycles. The number of anilines is 1. The van der Waals surface area contributed by atoms with Crippen molar-refractivity contribution in [2.75, 3.05) is 12.4 Å². The molecule has 0 atom stereocenters. The first-order chi connectivity index (χ1) is 9.51. The fraction of sp³-hybridized carbons (Fsp3) is 0.200. The summed E-state index contributed by atoms with van der Waals surface area (Å²) >= 11 is 9.41. The number of aryl methyl sites for hydroxylation is 1. The zero-order chi connectivity index (χ0) is 14.7. The Hall–Kier alpha value is -1.39. The van der Waals surface area contributed by atoms with E-state index < -0.39 is 0 Å². The Bertz CT molecular complexity index is 632. The van der Waals surface area contributed by atoms with Crippen molar-refractivity contribution in [1.29, 1.82) is 0 Å². The highest BCUT2D eigenvalue weighted by atomic mass is 79.9. The monoisotopic (exact) mass is 355 g/mol. The second kappa shape index (κ2) is 6.37. The van der Waals surface area contributed by atoms with Crippen LogP contribution in [0.5, 0.6) is 11.5 Å². The van der Waals surface area contributed by atoms with E-state index in [4.69, 9.17) is 16.3 Å². The van der Waals surface area contributed by atoms with E-state index in [0.717, 1.165) is 21.3 Å². The minimum atomic E-state index is -0.0299. The highest BCUT2D eigenvalue weighted by Crippen LogP contribution is 2.35. The number of phenols is 1. The molecule has 0 aliphatic carbocycles. The fourth-order valence-electron chi connectivity index (χ4n) is 1.91. The molecule has 0 saturated heterocycles. The topological polar surface area (TPSA) is 41.5 Å². The number of phenolic OH excluding ortho intramolecular Hbond substituents is 1. The number of hydrogen-bond donors (Lipinski definition) is 2. The van der Waals surface area contributed by atoms with E-state index in [1.165, 1.54) is 7.11 Å². The Morgan fingerprint density at radius 2 is 2.05 bits per heavy atom. The first-order valence-electron chi connectivity index (χ1n) is 6.06. The summed E-state index contributed by atoms with van der Waals surface area (Å²) in [5.74, 6) is 0.347. The molecule has 0 aliphatic heterocycles. The van der Waals surface area contributed by atoms with Crippen LogP contribution < -0.4 is 10.1 Å². The lowest BCUT2D eigenvalue weighted by molar-refractivity contribution is 0.373. The Morgan fingerprint density at radius 1 is 1.30 bits per heavy atom. The zero-order valence-corrected chi connectivity index (χ0v) is 13.5. The van der Waals surface area contributed by atoms with Gasteiger partial charge in [-0.3, -0.25) is 0 Å². The van der Waals surface area contributed by atoms with Crippen molar-refractivity contribution in [2.45, 2.75) is 13.5 Å². The molecule has 2 aromatic carbocycles. The van der Waals surface area contributed by atoms with E-state index in [2.05, 4.69) is 21.2 Å². The summed E-state index contributed by atoms with van der Waals surface area (Å²) in [5.41, 5.74) is 3.14. The number of rotatable bonds is 4. The number of benzene rings is 2. The van der Waals surface area contributed by atoms with Gasteiger partial charge in [-0.25, -0.2) is 0 Å². The van der Waals surface area contributed by atoms with Crippen molar-refractivity contribution in [1.82, 2.24) is 0 Å². The van der Waals surface area contributed by atoms with E-state index in [0.29, 0.717) is 12.3 Å². The number of nitrogens with one attached hydrogen (secondary N) is 1. The van der Waals surface area contributed by atoms with E-state index in [1.807, 2.05) is 25.1 Å². The van der Waals surface area contributed by atoms with Gasteiger partial charge in [-0.05, 0) is 48.4 Å². The molecular weight excluding hydrogens is 342 g/mol. The van der Waals surface area contributed by atoms with Crippen LogP contribution in [0.4, 0.5) is 5.69 Å². The van der Waals surface area contributed by atoms with Crippen LogP contribution in [0.1, 0.15) is 11.1 Å². The van der Waals surface area contributed by atoms with Gasteiger partial charge in [0.05, 0.1) is 12.1 Å². The summed E-state index contributed by atoms with van der Waals surface area (Å²) in [6, 6.07) is 9.54. The maximum Gasteiger partial charge on any atom is 0.176 e. The van der Waals surface area contributed by atoms with Gasteiger partial charge in [-0.1, -0.05) is 27.5 Å². The fourth-order valence-corrected chi connectivity index (χ4v) is 2.62. The molecule has 0 aliphatic rings.